The predicted molar refractivity (Wildman–Crippen MR) is 63.8 cm³/mol. The van der Waals surface area contributed by atoms with E-state index in [-0.39, 0.29) is 5.78 Å². The number of nitrogens with zero attached hydrogens (tertiary/aromatic N) is 1. The molecule has 0 aliphatic carbocycles. The van der Waals surface area contributed by atoms with Gasteiger partial charge in [-0.05, 0) is 23.4 Å². The van der Waals surface area contributed by atoms with Crippen molar-refractivity contribution < 1.29 is 4.79 Å². The minimum absolute atomic E-state index is 0.214. The summed E-state index contributed by atoms with van der Waals surface area (Å²) in [5.74, 6) is 0.214. The molecular weight excluding hydrogens is 226 g/mol. The summed E-state index contributed by atoms with van der Waals surface area (Å²) in [6.45, 7) is 2.07. The standard InChI is InChI=1S/C11H11NOS2/c1-2-8-3-4-14-11(8)10(13)5-9-6-12-7-15-9/h3-4,6-7H,2,5H2,1H3. The smallest absolute Gasteiger partial charge is 0.178 e. The van der Waals surface area contributed by atoms with Gasteiger partial charge in [-0.2, -0.15) is 0 Å². The van der Waals surface area contributed by atoms with Gasteiger partial charge in [0.25, 0.3) is 0 Å². The summed E-state index contributed by atoms with van der Waals surface area (Å²) in [6.07, 6.45) is 3.17. The van der Waals surface area contributed by atoms with Crippen LogP contribution in [0.1, 0.15) is 27.0 Å². The van der Waals surface area contributed by atoms with Crippen LogP contribution in [0.2, 0.25) is 0 Å². The van der Waals surface area contributed by atoms with E-state index in [0.29, 0.717) is 6.42 Å². The first-order chi connectivity index (χ1) is 7.31. The highest BCUT2D eigenvalue weighted by Gasteiger charge is 2.13. The van der Waals surface area contributed by atoms with Crippen LogP contribution in [-0.4, -0.2) is 10.8 Å². The average Bonchev–Trinajstić information content (AvgIpc) is 2.86. The van der Waals surface area contributed by atoms with Crippen molar-refractivity contribution in [2.45, 2.75) is 19.8 Å². The van der Waals surface area contributed by atoms with Gasteiger partial charge < -0.3 is 0 Å². The molecule has 0 saturated carbocycles. The second-order valence-corrected chi connectivity index (χ2v) is 5.08. The van der Waals surface area contributed by atoms with Gasteiger partial charge in [-0.3, -0.25) is 9.78 Å². The maximum Gasteiger partial charge on any atom is 0.178 e. The van der Waals surface area contributed by atoms with E-state index in [1.165, 1.54) is 22.7 Å². The molecule has 0 radical (unpaired) electrons. The molecule has 0 aliphatic rings. The highest BCUT2D eigenvalue weighted by Crippen LogP contribution is 2.20. The molecule has 78 valence electrons. The average molecular weight is 237 g/mol. The summed E-state index contributed by atoms with van der Waals surface area (Å²) < 4.78 is 0. The Bertz CT molecular complexity index is 445. The van der Waals surface area contributed by atoms with Gasteiger partial charge in [-0.15, -0.1) is 22.7 Å². The largest absolute Gasteiger partial charge is 0.293 e. The fourth-order valence-electron chi connectivity index (χ4n) is 1.43. The number of ketones is 1. The van der Waals surface area contributed by atoms with E-state index in [1.54, 1.807) is 11.7 Å². The summed E-state index contributed by atoms with van der Waals surface area (Å²) in [5.41, 5.74) is 2.92. The van der Waals surface area contributed by atoms with Crippen LogP contribution < -0.4 is 0 Å². The third-order valence-electron chi connectivity index (χ3n) is 2.20. The van der Waals surface area contributed by atoms with Crippen LogP contribution in [-0.2, 0) is 12.8 Å². The molecule has 0 aromatic carbocycles. The van der Waals surface area contributed by atoms with Crippen molar-refractivity contribution in [2.24, 2.45) is 0 Å². The van der Waals surface area contributed by atoms with E-state index >= 15 is 0 Å². The molecule has 0 fully saturated rings. The summed E-state index contributed by atoms with van der Waals surface area (Å²) in [6, 6.07) is 2.03. The molecule has 4 heteroatoms. The second-order valence-electron chi connectivity index (χ2n) is 3.20. The molecule has 0 atom stereocenters. The van der Waals surface area contributed by atoms with Gasteiger partial charge in [0.05, 0.1) is 10.4 Å². The predicted octanol–water partition coefficient (Wildman–Crippen LogP) is 3.19. The van der Waals surface area contributed by atoms with Gasteiger partial charge in [0.1, 0.15) is 0 Å². The first kappa shape index (κ1) is 10.5. The van der Waals surface area contributed by atoms with Crippen molar-refractivity contribution in [1.29, 1.82) is 0 Å². The Hall–Kier alpha value is -1.00. The van der Waals surface area contributed by atoms with Gasteiger partial charge in [0.2, 0.25) is 0 Å². The van der Waals surface area contributed by atoms with Gasteiger partial charge in [-0.25, -0.2) is 0 Å². The minimum atomic E-state index is 0.214. The Morgan fingerprint density at radius 3 is 3.00 bits per heavy atom. The summed E-state index contributed by atoms with van der Waals surface area (Å²) in [7, 11) is 0. The first-order valence-corrected chi connectivity index (χ1v) is 6.54. The molecule has 2 nitrogen and oxygen atoms in total. The third-order valence-corrected chi connectivity index (χ3v) is 3.98. The number of aryl methyl sites for hydroxylation is 1. The summed E-state index contributed by atoms with van der Waals surface area (Å²) >= 11 is 3.07. The van der Waals surface area contributed by atoms with E-state index in [9.17, 15) is 4.79 Å². The van der Waals surface area contributed by atoms with Crippen molar-refractivity contribution in [3.05, 3.63) is 38.5 Å². The van der Waals surface area contributed by atoms with E-state index in [1.807, 2.05) is 11.4 Å². The number of thiazole rings is 1. The normalized spacial score (nSPS) is 10.5. The topological polar surface area (TPSA) is 30.0 Å². The molecule has 2 rings (SSSR count). The number of hydrogen-bond acceptors (Lipinski definition) is 4. The molecule has 0 bridgehead atoms. The fourth-order valence-corrected chi connectivity index (χ4v) is 2.96. The first-order valence-electron chi connectivity index (χ1n) is 4.78. The number of carbonyl (C=O) groups excluding carboxylic acids is 1. The highest BCUT2D eigenvalue weighted by molar-refractivity contribution is 7.12. The lowest BCUT2D eigenvalue weighted by molar-refractivity contribution is 0.0997. The van der Waals surface area contributed by atoms with E-state index < -0.39 is 0 Å². The van der Waals surface area contributed by atoms with Crippen LogP contribution in [0.4, 0.5) is 0 Å². The van der Waals surface area contributed by atoms with Crippen LogP contribution in [0.5, 0.6) is 0 Å². The van der Waals surface area contributed by atoms with Gasteiger partial charge in [0.15, 0.2) is 5.78 Å². The summed E-state index contributed by atoms with van der Waals surface area (Å²) in [5, 5.41) is 1.98. The van der Waals surface area contributed by atoms with Crippen molar-refractivity contribution in [3.8, 4) is 0 Å². The second kappa shape index (κ2) is 4.68. The van der Waals surface area contributed by atoms with Crippen LogP contribution in [0.25, 0.3) is 0 Å². The molecule has 0 saturated heterocycles. The van der Waals surface area contributed by atoms with Crippen molar-refractivity contribution >= 4 is 28.5 Å². The van der Waals surface area contributed by atoms with Crippen LogP contribution in [0, 0.1) is 0 Å². The van der Waals surface area contributed by atoms with Crippen molar-refractivity contribution in [3.63, 3.8) is 0 Å². The van der Waals surface area contributed by atoms with Gasteiger partial charge >= 0.3 is 0 Å². The van der Waals surface area contributed by atoms with Crippen LogP contribution in [0.3, 0.4) is 0 Å². The quantitative estimate of drug-likeness (QED) is 0.764. The molecule has 2 heterocycles. The zero-order valence-electron chi connectivity index (χ0n) is 8.40. The molecule has 0 N–H and O–H groups in total. The Morgan fingerprint density at radius 1 is 1.47 bits per heavy atom. The lowest BCUT2D eigenvalue weighted by Gasteiger charge is -1.98. The maximum atomic E-state index is 11.9. The number of carbonyl (C=O) groups is 1. The molecular formula is C11H11NOS2. The summed E-state index contributed by atoms with van der Waals surface area (Å²) in [4.78, 5) is 17.9. The monoisotopic (exact) mass is 237 g/mol. The minimum Gasteiger partial charge on any atom is -0.293 e. The molecule has 0 aliphatic heterocycles. The molecule has 15 heavy (non-hydrogen) atoms. The number of aromatic nitrogens is 1. The lowest BCUT2D eigenvalue weighted by Crippen LogP contribution is -2.02. The molecule has 2 aromatic rings. The van der Waals surface area contributed by atoms with E-state index in [2.05, 4.69) is 11.9 Å². The van der Waals surface area contributed by atoms with E-state index in [4.69, 9.17) is 0 Å². The van der Waals surface area contributed by atoms with Gasteiger partial charge in [0, 0.05) is 17.5 Å². The highest BCUT2D eigenvalue weighted by atomic mass is 32.1. The molecule has 0 spiro atoms. The van der Waals surface area contributed by atoms with Gasteiger partial charge in [-0.1, -0.05) is 6.92 Å². The zero-order valence-corrected chi connectivity index (χ0v) is 10.0. The fraction of sp³-hybridized carbons (Fsp3) is 0.273. The zero-order chi connectivity index (χ0) is 10.7. The molecule has 0 amide bonds. The van der Waals surface area contributed by atoms with E-state index in [0.717, 1.165) is 21.7 Å². The Labute approximate surface area is 96.6 Å². The van der Waals surface area contributed by atoms with Crippen molar-refractivity contribution in [1.82, 2.24) is 4.98 Å². The van der Waals surface area contributed by atoms with Crippen molar-refractivity contribution in [2.75, 3.05) is 0 Å². The number of rotatable bonds is 4. The van der Waals surface area contributed by atoms with Crippen LogP contribution in [0.15, 0.2) is 23.2 Å². The third kappa shape index (κ3) is 2.33. The lowest BCUT2D eigenvalue weighted by atomic mass is 10.1. The SMILES string of the molecule is CCc1ccsc1C(=O)Cc1cncs1. The number of Topliss-reactive ketones (excluding diaryl/α,β-unsaturated/α-hetero) is 1. The Kier molecular flexibility index (Phi) is 3.28. The number of thiophene rings is 1. The Balaban J connectivity index is 2.15. The molecule has 0 unspecified atom stereocenters. The molecule has 2 aromatic heterocycles. The number of hydrogen-bond donors (Lipinski definition) is 0. The maximum absolute atomic E-state index is 11.9. The van der Waals surface area contributed by atoms with Crippen LogP contribution >= 0.6 is 22.7 Å². The Morgan fingerprint density at radius 2 is 2.33 bits per heavy atom.